The van der Waals surface area contributed by atoms with E-state index in [0.29, 0.717) is 16.5 Å². The van der Waals surface area contributed by atoms with Gasteiger partial charge in [-0.3, -0.25) is 4.79 Å². The van der Waals surface area contributed by atoms with Crippen LogP contribution in [0.15, 0.2) is 42.5 Å². The zero-order valence-corrected chi connectivity index (χ0v) is 16.4. The fraction of sp³-hybridized carbons (Fsp3) is 0.300. The highest BCUT2D eigenvalue weighted by atomic mass is 35.5. The second-order valence-electron chi connectivity index (χ2n) is 6.34. The van der Waals surface area contributed by atoms with Gasteiger partial charge in [-0.15, -0.1) is 0 Å². The third-order valence-corrected chi connectivity index (χ3v) is 5.10. The summed E-state index contributed by atoms with van der Waals surface area (Å²) < 4.78 is 1.99. The lowest BCUT2D eigenvalue weighted by molar-refractivity contribution is -0.130. The van der Waals surface area contributed by atoms with Crippen LogP contribution in [0.5, 0.6) is 0 Å². The third-order valence-electron chi connectivity index (χ3n) is 4.36. The maximum absolute atomic E-state index is 12.6. The van der Waals surface area contributed by atoms with Crippen molar-refractivity contribution in [2.24, 2.45) is 0 Å². The van der Waals surface area contributed by atoms with Gasteiger partial charge in [-0.05, 0) is 36.2 Å². The van der Waals surface area contributed by atoms with Gasteiger partial charge in [0.15, 0.2) is 0 Å². The van der Waals surface area contributed by atoms with Gasteiger partial charge in [0.2, 0.25) is 5.91 Å². The molecule has 136 valence electrons. The van der Waals surface area contributed by atoms with Crippen LogP contribution < -0.4 is 0 Å². The molecule has 0 fully saturated rings. The Balaban J connectivity index is 1.96. The molecule has 0 radical (unpaired) electrons. The SMILES string of the molecule is CCCN(C)C(=O)Cn1c(Cc2ccc(Cl)c(Cl)c2)nc2ccccc21. The number of halogens is 2. The number of hydrogen-bond donors (Lipinski definition) is 0. The van der Waals surface area contributed by atoms with Crippen molar-refractivity contribution in [1.82, 2.24) is 14.5 Å². The van der Waals surface area contributed by atoms with Gasteiger partial charge >= 0.3 is 0 Å². The summed E-state index contributed by atoms with van der Waals surface area (Å²) in [5.74, 6) is 0.910. The number of likely N-dealkylation sites (N-methyl/N-ethyl adjacent to an activating group) is 1. The molecule has 0 N–H and O–H groups in total. The highest BCUT2D eigenvalue weighted by molar-refractivity contribution is 6.42. The van der Waals surface area contributed by atoms with Gasteiger partial charge in [-0.1, -0.05) is 48.3 Å². The summed E-state index contributed by atoms with van der Waals surface area (Å²) in [4.78, 5) is 19.1. The minimum absolute atomic E-state index is 0.0744. The van der Waals surface area contributed by atoms with Crippen LogP contribution in [0, 0.1) is 0 Å². The number of aromatic nitrogens is 2. The largest absolute Gasteiger partial charge is 0.344 e. The molecule has 0 aliphatic heterocycles. The van der Waals surface area contributed by atoms with Crippen LogP contribution in [-0.4, -0.2) is 34.0 Å². The highest BCUT2D eigenvalue weighted by Crippen LogP contribution is 2.25. The lowest BCUT2D eigenvalue weighted by Gasteiger charge is -2.18. The van der Waals surface area contributed by atoms with Crippen molar-refractivity contribution < 1.29 is 4.79 Å². The maximum atomic E-state index is 12.6. The van der Waals surface area contributed by atoms with E-state index in [1.165, 1.54) is 0 Å². The fourth-order valence-corrected chi connectivity index (χ4v) is 3.31. The first-order valence-electron chi connectivity index (χ1n) is 8.61. The van der Waals surface area contributed by atoms with Crippen LogP contribution in [0.1, 0.15) is 24.7 Å². The highest BCUT2D eigenvalue weighted by Gasteiger charge is 2.16. The number of carbonyl (C=O) groups excluding carboxylic acids is 1. The zero-order valence-electron chi connectivity index (χ0n) is 14.9. The summed E-state index contributed by atoms with van der Waals surface area (Å²) in [6.07, 6.45) is 1.51. The van der Waals surface area contributed by atoms with Crippen LogP contribution in [0.3, 0.4) is 0 Å². The second kappa shape index (κ2) is 8.11. The first kappa shape index (κ1) is 18.7. The summed E-state index contributed by atoms with van der Waals surface area (Å²) in [7, 11) is 1.84. The molecule has 0 aliphatic carbocycles. The lowest BCUT2D eigenvalue weighted by Crippen LogP contribution is -2.31. The van der Waals surface area contributed by atoms with Crippen molar-refractivity contribution in [2.75, 3.05) is 13.6 Å². The van der Waals surface area contributed by atoms with Crippen molar-refractivity contribution in [2.45, 2.75) is 26.3 Å². The van der Waals surface area contributed by atoms with E-state index >= 15 is 0 Å². The third kappa shape index (κ3) is 4.02. The van der Waals surface area contributed by atoms with Crippen molar-refractivity contribution in [3.63, 3.8) is 0 Å². The van der Waals surface area contributed by atoms with E-state index in [9.17, 15) is 4.79 Å². The number of carbonyl (C=O) groups is 1. The van der Waals surface area contributed by atoms with Crippen molar-refractivity contribution in [1.29, 1.82) is 0 Å². The average Bonchev–Trinajstić information content (AvgIpc) is 2.96. The van der Waals surface area contributed by atoms with Crippen LogP contribution in [0.4, 0.5) is 0 Å². The summed E-state index contributed by atoms with van der Waals surface area (Å²) >= 11 is 12.1. The minimum atomic E-state index is 0.0744. The topological polar surface area (TPSA) is 38.1 Å². The molecule has 2 aromatic carbocycles. The number of amides is 1. The summed E-state index contributed by atoms with van der Waals surface area (Å²) in [6.45, 7) is 3.08. The Morgan fingerprint density at radius 2 is 1.92 bits per heavy atom. The van der Waals surface area contributed by atoms with Crippen LogP contribution >= 0.6 is 23.2 Å². The number of imidazole rings is 1. The number of hydrogen-bond acceptors (Lipinski definition) is 2. The van der Waals surface area contributed by atoms with Gasteiger partial charge in [0.05, 0.1) is 21.1 Å². The molecular weight excluding hydrogens is 369 g/mol. The van der Waals surface area contributed by atoms with Crippen LogP contribution in [-0.2, 0) is 17.8 Å². The fourth-order valence-electron chi connectivity index (χ4n) is 2.99. The molecule has 0 unspecified atom stereocenters. The number of rotatable bonds is 6. The standard InChI is InChI=1S/C20H21Cl2N3O/c1-3-10-24(2)20(26)13-25-18-7-5-4-6-17(18)23-19(25)12-14-8-9-15(21)16(22)11-14/h4-9,11H,3,10,12-13H2,1-2H3. The first-order chi connectivity index (χ1) is 12.5. The maximum Gasteiger partial charge on any atom is 0.242 e. The predicted octanol–water partition coefficient (Wildman–Crippen LogP) is 4.80. The molecule has 0 aliphatic rings. The molecule has 3 aromatic rings. The molecule has 3 rings (SSSR count). The minimum Gasteiger partial charge on any atom is -0.344 e. The molecule has 6 heteroatoms. The van der Waals surface area contributed by atoms with Gasteiger partial charge in [0.1, 0.15) is 12.4 Å². The van der Waals surface area contributed by atoms with Gasteiger partial charge in [0, 0.05) is 20.0 Å². The van der Waals surface area contributed by atoms with Gasteiger partial charge in [-0.25, -0.2) is 4.98 Å². The molecule has 0 saturated heterocycles. The van der Waals surface area contributed by atoms with Crippen LogP contribution in [0.25, 0.3) is 11.0 Å². The normalized spacial score (nSPS) is 11.1. The van der Waals surface area contributed by atoms with E-state index in [2.05, 4.69) is 6.92 Å². The van der Waals surface area contributed by atoms with Crippen molar-refractivity contribution in [3.05, 3.63) is 63.9 Å². The molecule has 0 atom stereocenters. The molecular formula is C20H21Cl2N3O. The van der Waals surface area contributed by atoms with E-state index in [0.717, 1.165) is 35.4 Å². The van der Waals surface area contributed by atoms with Crippen LogP contribution in [0.2, 0.25) is 10.0 Å². The Bertz CT molecular complexity index is 936. The molecule has 1 aromatic heterocycles. The Kier molecular flexibility index (Phi) is 5.84. The van der Waals surface area contributed by atoms with Gasteiger partial charge < -0.3 is 9.47 Å². The quantitative estimate of drug-likeness (QED) is 0.606. The summed E-state index contributed by atoms with van der Waals surface area (Å²) in [6, 6.07) is 13.4. The van der Waals surface area contributed by atoms with E-state index in [-0.39, 0.29) is 12.5 Å². The summed E-state index contributed by atoms with van der Waals surface area (Å²) in [5.41, 5.74) is 2.85. The van der Waals surface area contributed by atoms with Crippen molar-refractivity contribution in [3.8, 4) is 0 Å². The zero-order chi connectivity index (χ0) is 18.7. The van der Waals surface area contributed by atoms with Gasteiger partial charge in [-0.2, -0.15) is 0 Å². The summed E-state index contributed by atoms with van der Waals surface area (Å²) in [5, 5.41) is 1.05. The Morgan fingerprint density at radius 1 is 1.15 bits per heavy atom. The van der Waals surface area contributed by atoms with E-state index < -0.39 is 0 Å². The number of fused-ring (bicyclic) bond motifs is 1. The average molecular weight is 390 g/mol. The number of para-hydroxylation sites is 2. The van der Waals surface area contributed by atoms with E-state index in [1.807, 2.05) is 48.0 Å². The smallest absolute Gasteiger partial charge is 0.242 e. The molecule has 1 heterocycles. The Morgan fingerprint density at radius 3 is 2.65 bits per heavy atom. The molecule has 0 spiro atoms. The predicted molar refractivity (Wildman–Crippen MR) is 107 cm³/mol. The Labute approximate surface area is 163 Å². The van der Waals surface area contributed by atoms with Crippen molar-refractivity contribution >= 4 is 40.1 Å². The molecule has 4 nitrogen and oxygen atoms in total. The monoisotopic (exact) mass is 389 g/mol. The lowest BCUT2D eigenvalue weighted by atomic mass is 10.1. The van der Waals surface area contributed by atoms with E-state index in [1.54, 1.807) is 11.0 Å². The Hall–Kier alpha value is -2.04. The van der Waals surface area contributed by atoms with Gasteiger partial charge in [0.25, 0.3) is 0 Å². The first-order valence-corrected chi connectivity index (χ1v) is 9.37. The molecule has 0 saturated carbocycles. The number of nitrogens with zero attached hydrogens (tertiary/aromatic N) is 3. The molecule has 0 bridgehead atoms. The second-order valence-corrected chi connectivity index (χ2v) is 7.16. The van der Waals surface area contributed by atoms with E-state index in [4.69, 9.17) is 28.2 Å². The molecule has 26 heavy (non-hydrogen) atoms. The molecule has 1 amide bonds. The number of benzene rings is 2.